The van der Waals surface area contributed by atoms with Gasteiger partial charge in [-0.05, 0) is 31.4 Å². The number of rotatable bonds is 3. The van der Waals surface area contributed by atoms with Gasteiger partial charge in [0, 0.05) is 13.5 Å². The number of hydrogen-bond donors (Lipinski definition) is 0. The molecular weight excluding hydrogens is 306 g/mol. The summed E-state index contributed by atoms with van der Waals surface area (Å²) in [4.78, 5) is 6.67. The average molecular weight is 325 g/mol. The lowest BCUT2D eigenvalue weighted by molar-refractivity contribution is 0.0811. The molecule has 3 aromatic rings. The summed E-state index contributed by atoms with van der Waals surface area (Å²) < 4.78 is 11.1. The maximum atomic E-state index is 5.73. The Bertz CT molecular complexity index is 856. The van der Waals surface area contributed by atoms with Crippen molar-refractivity contribution in [1.82, 2.24) is 25.2 Å². The number of fused-ring (bicyclic) bond motifs is 1. The lowest BCUT2D eigenvalue weighted by atomic mass is 9.92. The van der Waals surface area contributed by atoms with Crippen molar-refractivity contribution >= 4 is 0 Å². The predicted octanol–water partition coefficient (Wildman–Crippen LogP) is 2.93. The van der Waals surface area contributed by atoms with E-state index in [0.29, 0.717) is 23.5 Å². The van der Waals surface area contributed by atoms with Crippen LogP contribution >= 0.6 is 0 Å². The van der Waals surface area contributed by atoms with Gasteiger partial charge >= 0.3 is 0 Å². The number of aryl methyl sites for hydroxylation is 2. The first kappa shape index (κ1) is 15.0. The fourth-order valence-electron chi connectivity index (χ4n) is 3.25. The fourth-order valence-corrected chi connectivity index (χ4v) is 3.25. The van der Waals surface area contributed by atoms with Crippen LogP contribution in [0.3, 0.4) is 0 Å². The maximum Gasteiger partial charge on any atom is 0.243 e. The minimum absolute atomic E-state index is 0.0108. The van der Waals surface area contributed by atoms with Gasteiger partial charge in [0.05, 0.1) is 12.1 Å². The van der Waals surface area contributed by atoms with E-state index in [9.17, 15) is 0 Å². The van der Waals surface area contributed by atoms with Crippen molar-refractivity contribution in [2.75, 3.05) is 0 Å². The van der Waals surface area contributed by atoms with E-state index >= 15 is 0 Å². The van der Waals surface area contributed by atoms with Gasteiger partial charge in [-0.2, -0.15) is 4.98 Å². The fraction of sp³-hybridized carbons (Fsp3) is 0.412. The largest absolute Gasteiger partial charge is 0.424 e. The third kappa shape index (κ3) is 2.60. The highest BCUT2D eigenvalue weighted by atomic mass is 16.5. The number of aromatic nitrogens is 4. The summed E-state index contributed by atoms with van der Waals surface area (Å²) in [5.41, 5.74) is 2.61. The summed E-state index contributed by atoms with van der Waals surface area (Å²) >= 11 is 0. The molecule has 2 aromatic heterocycles. The van der Waals surface area contributed by atoms with E-state index in [4.69, 9.17) is 8.94 Å². The minimum Gasteiger partial charge on any atom is -0.424 e. The van der Waals surface area contributed by atoms with Gasteiger partial charge in [-0.15, -0.1) is 10.2 Å². The molecule has 0 aliphatic carbocycles. The molecule has 24 heavy (non-hydrogen) atoms. The predicted molar refractivity (Wildman–Crippen MR) is 84.9 cm³/mol. The van der Waals surface area contributed by atoms with Gasteiger partial charge in [-0.1, -0.05) is 29.4 Å². The van der Waals surface area contributed by atoms with Crippen LogP contribution in [0, 0.1) is 13.8 Å². The van der Waals surface area contributed by atoms with Crippen LogP contribution in [0.25, 0.3) is 0 Å². The van der Waals surface area contributed by atoms with Crippen LogP contribution in [0.2, 0.25) is 0 Å². The maximum absolute atomic E-state index is 5.73. The van der Waals surface area contributed by atoms with Gasteiger partial charge in [0.2, 0.25) is 17.7 Å². The molecule has 0 radical (unpaired) electrons. The van der Waals surface area contributed by atoms with Crippen LogP contribution in [0.4, 0.5) is 0 Å². The molecule has 0 spiro atoms. The molecule has 0 bridgehead atoms. The van der Waals surface area contributed by atoms with Gasteiger partial charge in [0.15, 0.2) is 5.82 Å². The highest BCUT2D eigenvalue weighted by Gasteiger charge is 2.36. The van der Waals surface area contributed by atoms with E-state index in [1.54, 1.807) is 0 Å². The van der Waals surface area contributed by atoms with Crippen molar-refractivity contribution in [3.63, 3.8) is 0 Å². The normalized spacial score (nSPS) is 19.2. The highest BCUT2D eigenvalue weighted by molar-refractivity contribution is 5.31. The topological polar surface area (TPSA) is 81.1 Å². The zero-order chi connectivity index (χ0) is 16.7. The first-order chi connectivity index (χ1) is 11.6. The third-order valence-electron chi connectivity index (χ3n) is 4.51. The second kappa shape index (κ2) is 5.83. The second-order valence-corrected chi connectivity index (χ2v) is 6.18. The lowest BCUT2D eigenvalue weighted by Gasteiger charge is -2.37. The Hall–Kier alpha value is -2.54. The molecular formula is C17H19N5O2. The molecule has 1 aliphatic heterocycles. The molecule has 0 unspecified atom stereocenters. The molecule has 0 fully saturated rings. The first-order valence-corrected chi connectivity index (χ1v) is 8.04. The van der Waals surface area contributed by atoms with Crippen molar-refractivity contribution in [3.05, 3.63) is 58.9 Å². The molecule has 1 aromatic carbocycles. The quantitative estimate of drug-likeness (QED) is 0.732. The Morgan fingerprint density at radius 3 is 2.62 bits per heavy atom. The standard InChI is InChI=1S/C17H19N5O2/c1-10(16-18-11(2)21-24-16)22-9-14-7-5-4-6-13(14)8-15(22)17-20-19-12(3)23-17/h4-7,10,15H,8-9H2,1-3H3/t10-,15-/m0/s1. The van der Waals surface area contributed by atoms with Gasteiger partial charge in [0.1, 0.15) is 0 Å². The molecule has 124 valence electrons. The molecule has 0 saturated carbocycles. The monoisotopic (exact) mass is 325 g/mol. The van der Waals surface area contributed by atoms with Crippen LogP contribution in [0.15, 0.2) is 33.2 Å². The summed E-state index contributed by atoms with van der Waals surface area (Å²) in [6, 6.07) is 8.39. The molecule has 3 heterocycles. The Kier molecular flexibility index (Phi) is 3.65. The zero-order valence-electron chi connectivity index (χ0n) is 13.9. The summed E-state index contributed by atoms with van der Waals surface area (Å²) in [5, 5.41) is 12.2. The summed E-state index contributed by atoms with van der Waals surface area (Å²) in [6.07, 6.45) is 0.815. The molecule has 1 aliphatic rings. The van der Waals surface area contributed by atoms with Crippen LogP contribution < -0.4 is 0 Å². The zero-order valence-corrected chi connectivity index (χ0v) is 13.9. The van der Waals surface area contributed by atoms with Crippen molar-refractivity contribution in [2.45, 2.75) is 45.8 Å². The minimum atomic E-state index is -0.0447. The van der Waals surface area contributed by atoms with E-state index in [1.165, 1.54) is 11.1 Å². The first-order valence-electron chi connectivity index (χ1n) is 8.04. The molecule has 0 saturated heterocycles. The van der Waals surface area contributed by atoms with Crippen molar-refractivity contribution in [2.24, 2.45) is 0 Å². The van der Waals surface area contributed by atoms with Gasteiger partial charge in [-0.3, -0.25) is 4.90 Å². The SMILES string of the molecule is Cc1noc([C@H](C)N2Cc3ccccc3C[C@H]2c2nnc(C)o2)n1. The van der Waals surface area contributed by atoms with E-state index in [0.717, 1.165) is 13.0 Å². The smallest absolute Gasteiger partial charge is 0.243 e. The van der Waals surface area contributed by atoms with Gasteiger partial charge in [0.25, 0.3) is 0 Å². The van der Waals surface area contributed by atoms with Crippen LogP contribution in [-0.4, -0.2) is 25.2 Å². The van der Waals surface area contributed by atoms with Crippen LogP contribution in [0.5, 0.6) is 0 Å². The average Bonchev–Trinajstić information content (AvgIpc) is 3.21. The molecule has 0 N–H and O–H groups in total. The van der Waals surface area contributed by atoms with Gasteiger partial charge in [-0.25, -0.2) is 0 Å². The second-order valence-electron chi connectivity index (χ2n) is 6.18. The van der Waals surface area contributed by atoms with E-state index in [-0.39, 0.29) is 12.1 Å². The lowest BCUT2D eigenvalue weighted by Crippen LogP contribution is -2.36. The van der Waals surface area contributed by atoms with E-state index in [2.05, 4.69) is 56.4 Å². The Morgan fingerprint density at radius 2 is 1.96 bits per heavy atom. The van der Waals surface area contributed by atoms with Crippen LogP contribution in [0.1, 0.15) is 53.6 Å². The third-order valence-corrected chi connectivity index (χ3v) is 4.51. The van der Waals surface area contributed by atoms with Crippen LogP contribution in [-0.2, 0) is 13.0 Å². The van der Waals surface area contributed by atoms with E-state index in [1.807, 2.05) is 13.8 Å². The molecule has 2 atom stereocenters. The molecule has 4 rings (SSSR count). The summed E-state index contributed by atoms with van der Waals surface area (Å²) in [7, 11) is 0. The van der Waals surface area contributed by atoms with E-state index < -0.39 is 0 Å². The summed E-state index contributed by atoms with van der Waals surface area (Å²) in [6.45, 7) is 6.47. The van der Waals surface area contributed by atoms with Gasteiger partial charge < -0.3 is 8.94 Å². The number of nitrogens with zero attached hydrogens (tertiary/aromatic N) is 5. The Labute approximate surface area is 139 Å². The summed E-state index contributed by atoms with van der Waals surface area (Å²) in [5.74, 6) is 2.45. The molecule has 0 amide bonds. The van der Waals surface area contributed by atoms with Crippen molar-refractivity contribution in [1.29, 1.82) is 0 Å². The Balaban J connectivity index is 1.73. The molecule has 7 heteroatoms. The number of hydrogen-bond acceptors (Lipinski definition) is 7. The van der Waals surface area contributed by atoms with Crippen molar-refractivity contribution in [3.8, 4) is 0 Å². The number of benzene rings is 1. The molecule has 7 nitrogen and oxygen atoms in total. The van der Waals surface area contributed by atoms with Crippen molar-refractivity contribution < 1.29 is 8.94 Å². The highest BCUT2D eigenvalue weighted by Crippen LogP contribution is 2.38. The Morgan fingerprint density at radius 1 is 1.17 bits per heavy atom.